The van der Waals surface area contributed by atoms with E-state index in [2.05, 4.69) is 0 Å². The van der Waals surface area contributed by atoms with E-state index in [0.29, 0.717) is 32.3 Å². The third-order valence-electron chi connectivity index (χ3n) is 6.74. The molecule has 1 aliphatic rings. The van der Waals surface area contributed by atoms with E-state index >= 15 is 0 Å². The number of carbonyl (C=O) groups is 3. The quantitative estimate of drug-likeness (QED) is 0.159. The van der Waals surface area contributed by atoms with Crippen molar-refractivity contribution in [3.8, 4) is 0 Å². The number of carbonyl (C=O) groups excluding carboxylic acids is 3. The average Bonchev–Trinajstić information content (AvgIpc) is 3.21. The van der Waals surface area contributed by atoms with Crippen LogP contribution in [0.2, 0.25) is 0 Å². The van der Waals surface area contributed by atoms with Gasteiger partial charge in [0, 0.05) is 25.2 Å². The summed E-state index contributed by atoms with van der Waals surface area (Å²) >= 11 is 0. The first-order valence-electron chi connectivity index (χ1n) is 13.2. The molecular weight excluding hydrogens is 450 g/mol. The Morgan fingerprint density at radius 2 is 1.60 bits per heavy atom. The number of esters is 1. The summed E-state index contributed by atoms with van der Waals surface area (Å²) in [5, 5.41) is 0. The van der Waals surface area contributed by atoms with Crippen LogP contribution in [-0.4, -0.2) is 23.5 Å². The second kappa shape index (κ2) is 15.6. The van der Waals surface area contributed by atoms with Gasteiger partial charge in [-0.15, -0.1) is 0 Å². The number of unbranched alkanes of at least 4 members (excludes halogenated alkanes) is 6. The zero-order valence-corrected chi connectivity index (χ0v) is 21.0. The lowest BCUT2D eigenvalue weighted by atomic mass is 9.85. The first-order valence-corrected chi connectivity index (χ1v) is 13.2. The van der Waals surface area contributed by atoms with Crippen molar-refractivity contribution in [2.45, 2.75) is 103 Å². The summed E-state index contributed by atoms with van der Waals surface area (Å²) in [4.78, 5) is 36.0. The number of hydrogen-bond donors (Lipinski definition) is 0. The summed E-state index contributed by atoms with van der Waals surface area (Å²) in [6.45, 7) is 2.13. The minimum atomic E-state index is -3.25. The molecular formula is C29H40F2O4. The summed E-state index contributed by atoms with van der Waals surface area (Å²) in [5.41, 5.74) is 0.982. The van der Waals surface area contributed by atoms with E-state index in [4.69, 9.17) is 4.74 Å². The molecule has 0 saturated carbocycles. The Labute approximate surface area is 208 Å². The Balaban J connectivity index is 1.54. The zero-order valence-electron chi connectivity index (χ0n) is 21.0. The number of alkyl halides is 2. The van der Waals surface area contributed by atoms with Gasteiger partial charge in [-0.25, -0.2) is 0 Å². The number of ketones is 2. The van der Waals surface area contributed by atoms with E-state index in [1.54, 1.807) is 12.2 Å². The van der Waals surface area contributed by atoms with Crippen LogP contribution in [0.4, 0.5) is 8.78 Å². The van der Waals surface area contributed by atoms with Gasteiger partial charge in [0.05, 0.1) is 0 Å². The summed E-state index contributed by atoms with van der Waals surface area (Å²) < 4.78 is 33.1. The summed E-state index contributed by atoms with van der Waals surface area (Å²) in [5.74, 6) is -4.68. The Hall–Kier alpha value is -2.37. The number of hydrogen-bond acceptors (Lipinski definition) is 4. The fourth-order valence-corrected chi connectivity index (χ4v) is 4.51. The van der Waals surface area contributed by atoms with E-state index in [9.17, 15) is 23.2 Å². The number of rotatable bonds is 18. The van der Waals surface area contributed by atoms with Crippen molar-refractivity contribution in [1.82, 2.24) is 0 Å². The maximum atomic E-state index is 13.9. The monoisotopic (exact) mass is 490 g/mol. The van der Waals surface area contributed by atoms with Crippen LogP contribution >= 0.6 is 0 Å². The zero-order chi connectivity index (χ0) is 25.5. The second-order valence-corrected chi connectivity index (χ2v) is 9.61. The maximum Gasteiger partial charge on any atom is 0.306 e. The fourth-order valence-electron chi connectivity index (χ4n) is 4.51. The predicted octanol–water partition coefficient (Wildman–Crippen LogP) is 7.40. The van der Waals surface area contributed by atoms with Crippen LogP contribution in [-0.2, 0) is 25.7 Å². The predicted molar refractivity (Wildman–Crippen MR) is 133 cm³/mol. The number of halogens is 2. The van der Waals surface area contributed by atoms with Crippen molar-refractivity contribution in [3.63, 3.8) is 0 Å². The van der Waals surface area contributed by atoms with Gasteiger partial charge in [-0.3, -0.25) is 14.4 Å². The lowest BCUT2D eigenvalue weighted by Crippen LogP contribution is -2.29. The summed E-state index contributed by atoms with van der Waals surface area (Å²) in [6, 6.07) is 9.61. The molecule has 2 atom stereocenters. The van der Waals surface area contributed by atoms with Crippen molar-refractivity contribution in [3.05, 3.63) is 48.0 Å². The van der Waals surface area contributed by atoms with Crippen LogP contribution in [0.1, 0.15) is 96.0 Å². The molecule has 0 unspecified atom stereocenters. The van der Waals surface area contributed by atoms with Crippen molar-refractivity contribution >= 4 is 17.5 Å². The van der Waals surface area contributed by atoms with Crippen molar-refractivity contribution in [2.75, 3.05) is 0 Å². The van der Waals surface area contributed by atoms with Gasteiger partial charge < -0.3 is 4.74 Å². The van der Waals surface area contributed by atoms with Crippen molar-refractivity contribution in [2.24, 2.45) is 11.8 Å². The van der Waals surface area contributed by atoms with E-state index in [0.717, 1.165) is 50.5 Å². The van der Waals surface area contributed by atoms with E-state index in [-0.39, 0.29) is 36.4 Å². The van der Waals surface area contributed by atoms with Crippen LogP contribution in [0.3, 0.4) is 0 Å². The van der Waals surface area contributed by atoms with Crippen LogP contribution in [0.15, 0.2) is 42.5 Å². The normalized spacial score (nSPS) is 17.6. The van der Waals surface area contributed by atoms with Gasteiger partial charge in [0.15, 0.2) is 5.78 Å². The molecule has 35 heavy (non-hydrogen) atoms. The molecule has 0 heterocycles. The maximum absolute atomic E-state index is 13.9. The smallest absolute Gasteiger partial charge is 0.306 e. The highest BCUT2D eigenvalue weighted by Crippen LogP contribution is 2.33. The van der Waals surface area contributed by atoms with Gasteiger partial charge in [0.25, 0.3) is 0 Å². The molecule has 2 rings (SSSR count). The molecule has 1 aromatic rings. The van der Waals surface area contributed by atoms with Crippen LogP contribution in [0.25, 0.3) is 0 Å². The molecule has 0 amide bonds. The number of benzene rings is 1. The molecule has 0 aliphatic heterocycles. The molecule has 4 nitrogen and oxygen atoms in total. The first-order chi connectivity index (χ1) is 16.8. The molecule has 0 saturated heterocycles. The minimum Gasteiger partial charge on any atom is -0.461 e. The molecule has 1 aromatic carbocycles. The Morgan fingerprint density at radius 1 is 0.914 bits per heavy atom. The molecule has 0 radical (unpaired) electrons. The first kappa shape index (κ1) is 28.9. The second-order valence-electron chi connectivity index (χ2n) is 9.61. The summed E-state index contributed by atoms with van der Waals surface area (Å²) in [7, 11) is 0. The molecule has 1 aliphatic carbocycles. The lowest BCUT2D eigenvalue weighted by molar-refractivity contribution is -0.145. The Morgan fingerprint density at radius 3 is 2.31 bits per heavy atom. The van der Waals surface area contributed by atoms with Crippen LogP contribution in [0.5, 0.6) is 0 Å². The van der Waals surface area contributed by atoms with E-state index < -0.39 is 11.7 Å². The fraction of sp³-hybridized carbons (Fsp3) is 0.621. The molecule has 0 bridgehead atoms. The van der Waals surface area contributed by atoms with Gasteiger partial charge in [-0.1, -0.05) is 81.9 Å². The van der Waals surface area contributed by atoms with Gasteiger partial charge in [-0.2, -0.15) is 8.78 Å². The van der Waals surface area contributed by atoms with Gasteiger partial charge in [0.1, 0.15) is 6.61 Å². The molecule has 194 valence electrons. The van der Waals surface area contributed by atoms with Crippen molar-refractivity contribution < 1.29 is 27.9 Å². The molecule has 0 fully saturated rings. The van der Waals surface area contributed by atoms with Gasteiger partial charge in [0.2, 0.25) is 5.78 Å². The topological polar surface area (TPSA) is 60.4 Å². The van der Waals surface area contributed by atoms with E-state index in [1.807, 2.05) is 37.3 Å². The number of Topliss-reactive ketones (excluding diaryl/α,β-unsaturated/α-hetero) is 1. The van der Waals surface area contributed by atoms with Crippen molar-refractivity contribution in [1.29, 1.82) is 0 Å². The third-order valence-corrected chi connectivity index (χ3v) is 6.74. The van der Waals surface area contributed by atoms with Gasteiger partial charge >= 0.3 is 11.9 Å². The Kier molecular flexibility index (Phi) is 12.9. The largest absolute Gasteiger partial charge is 0.461 e. The highest BCUT2D eigenvalue weighted by Gasteiger charge is 2.38. The van der Waals surface area contributed by atoms with Crippen LogP contribution in [0, 0.1) is 11.8 Å². The molecule has 0 N–H and O–H groups in total. The number of allylic oxidation sites excluding steroid dienone is 2. The Bertz CT molecular complexity index is 819. The molecule has 0 aromatic heterocycles. The van der Waals surface area contributed by atoms with Gasteiger partial charge in [-0.05, 0) is 43.2 Å². The third kappa shape index (κ3) is 10.8. The molecule has 6 heteroatoms. The van der Waals surface area contributed by atoms with E-state index in [1.165, 1.54) is 0 Å². The standard InChI is InChI=1S/C29H40F2O4/c1-2-3-21-29(30,31)27(33)20-18-24-17-19-26(32)25(24)15-11-6-4-5-7-12-16-28(34)35-22-23-13-9-8-10-14-23/h8-10,13-14,17,19,24-25H,2-7,11-12,15-16,18,20-22H2,1H3/t24-,25-/m1/s1. The average molecular weight is 491 g/mol. The highest BCUT2D eigenvalue weighted by molar-refractivity contribution is 5.94. The van der Waals surface area contributed by atoms with Crippen LogP contribution < -0.4 is 0 Å². The summed E-state index contributed by atoms with van der Waals surface area (Å²) in [6.07, 6.45) is 10.9. The molecule has 0 spiro atoms. The highest BCUT2D eigenvalue weighted by atomic mass is 19.3. The number of ether oxygens (including phenoxy) is 1. The minimum absolute atomic E-state index is 0.0502. The SMILES string of the molecule is CCCCC(F)(F)C(=O)CC[C@H]1C=CC(=O)[C@@H]1CCCCCCCCC(=O)OCc1ccccc1. The lowest BCUT2D eigenvalue weighted by Gasteiger charge is -2.19.